The molecule has 0 saturated carbocycles. The summed E-state index contributed by atoms with van der Waals surface area (Å²) in [6, 6.07) is 7.30. The average Bonchev–Trinajstić information content (AvgIpc) is 3.30. The van der Waals surface area contributed by atoms with E-state index in [1.807, 2.05) is 6.07 Å². The van der Waals surface area contributed by atoms with Gasteiger partial charge in [-0.3, -0.25) is 0 Å². The fourth-order valence-corrected chi connectivity index (χ4v) is 5.01. The predicted octanol–water partition coefficient (Wildman–Crippen LogP) is 4.37. The molecule has 0 bridgehead atoms. The lowest BCUT2D eigenvalue weighted by molar-refractivity contribution is -0.141. The number of halogens is 4. The highest BCUT2D eigenvalue weighted by Gasteiger charge is 2.34. The zero-order valence-electron chi connectivity index (χ0n) is 18.0. The number of aryl methyl sites for hydroxylation is 1. The molecule has 0 spiro atoms. The number of hydrogen-bond acceptors (Lipinski definition) is 6. The summed E-state index contributed by atoms with van der Waals surface area (Å²) in [6.07, 6.45) is -3.62. The van der Waals surface area contributed by atoms with Crippen molar-refractivity contribution in [1.29, 1.82) is 5.26 Å². The Bertz CT molecular complexity index is 1600. The first kappa shape index (κ1) is 23.7. The molecule has 0 saturated heterocycles. The van der Waals surface area contributed by atoms with Gasteiger partial charge in [0.2, 0.25) is 0 Å². The van der Waals surface area contributed by atoms with Crippen LogP contribution < -0.4 is 0 Å². The zero-order valence-corrected chi connectivity index (χ0v) is 19.6. The molecule has 0 unspecified atom stereocenters. The summed E-state index contributed by atoms with van der Waals surface area (Å²) < 4.78 is 68.2. The van der Waals surface area contributed by atoms with E-state index in [1.165, 1.54) is 42.3 Å². The lowest BCUT2D eigenvalue weighted by Gasteiger charge is -2.08. The molecule has 0 atom stereocenters. The van der Waals surface area contributed by atoms with Gasteiger partial charge in [-0.05, 0) is 24.3 Å². The minimum Gasteiger partial charge on any atom is -0.324 e. The van der Waals surface area contributed by atoms with Crippen molar-refractivity contribution in [3.63, 3.8) is 0 Å². The van der Waals surface area contributed by atoms with Crippen molar-refractivity contribution in [2.75, 3.05) is 5.75 Å². The summed E-state index contributed by atoms with van der Waals surface area (Å²) in [5.74, 6) is 0.0518. The van der Waals surface area contributed by atoms with Gasteiger partial charge in [-0.15, -0.1) is 0 Å². The number of nitriles is 1. The average molecular weight is 509 g/mol. The zero-order chi connectivity index (χ0) is 25.0. The van der Waals surface area contributed by atoms with E-state index >= 15 is 0 Å². The Morgan fingerprint density at radius 3 is 2.41 bits per heavy atom. The summed E-state index contributed by atoms with van der Waals surface area (Å²) in [7, 11) is -0.794. The second-order valence-electron chi connectivity index (χ2n) is 7.41. The third-order valence-corrected chi connectivity index (χ3v) is 7.46. The molecule has 0 N–H and O–H groups in total. The SMILES string of the molecule is CCS(=O)(=O)c1c(-c2nc3cc(C(F)(F)F)ncc3n2C)nc(-c2ccc(C#N)c(Cl)c2)n1C. The van der Waals surface area contributed by atoms with E-state index < -0.39 is 21.7 Å². The van der Waals surface area contributed by atoms with Gasteiger partial charge < -0.3 is 9.13 Å². The smallest absolute Gasteiger partial charge is 0.324 e. The lowest BCUT2D eigenvalue weighted by Crippen LogP contribution is -2.11. The van der Waals surface area contributed by atoms with Gasteiger partial charge in [0.15, 0.2) is 20.7 Å². The molecule has 13 heteroatoms. The van der Waals surface area contributed by atoms with Crippen molar-refractivity contribution in [2.24, 2.45) is 14.1 Å². The fraction of sp³-hybridized carbons (Fsp3) is 0.238. The van der Waals surface area contributed by atoms with E-state index in [1.54, 1.807) is 6.07 Å². The number of rotatable bonds is 4. The van der Waals surface area contributed by atoms with E-state index in [9.17, 15) is 21.6 Å². The number of hydrogen-bond donors (Lipinski definition) is 0. The van der Waals surface area contributed by atoms with Gasteiger partial charge >= 0.3 is 6.18 Å². The summed E-state index contributed by atoms with van der Waals surface area (Å²) in [6.45, 7) is 1.47. The van der Waals surface area contributed by atoms with Crippen LogP contribution >= 0.6 is 11.6 Å². The Balaban J connectivity index is 2.01. The van der Waals surface area contributed by atoms with E-state index in [2.05, 4.69) is 15.0 Å². The summed E-state index contributed by atoms with van der Waals surface area (Å²) in [5, 5.41) is 9.14. The highest BCUT2D eigenvalue weighted by atomic mass is 35.5. The number of benzene rings is 1. The maximum atomic E-state index is 13.1. The Labute approximate surface area is 197 Å². The summed E-state index contributed by atoms with van der Waals surface area (Å²) >= 11 is 6.15. The highest BCUT2D eigenvalue weighted by Crippen LogP contribution is 2.35. The predicted molar refractivity (Wildman–Crippen MR) is 119 cm³/mol. The molecule has 0 amide bonds. The molecule has 4 rings (SSSR count). The van der Waals surface area contributed by atoms with Crippen molar-refractivity contribution in [3.05, 3.63) is 46.7 Å². The number of pyridine rings is 1. The molecule has 3 aromatic heterocycles. The topological polar surface area (TPSA) is 106 Å². The first-order valence-electron chi connectivity index (χ1n) is 9.78. The van der Waals surface area contributed by atoms with Crippen LogP contribution in [0.15, 0.2) is 35.5 Å². The van der Waals surface area contributed by atoms with Crippen LogP contribution in [0.3, 0.4) is 0 Å². The first-order chi connectivity index (χ1) is 15.9. The minimum absolute atomic E-state index is 0.00621. The Morgan fingerprint density at radius 2 is 1.82 bits per heavy atom. The van der Waals surface area contributed by atoms with Crippen LogP contribution in [-0.4, -0.2) is 38.3 Å². The van der Waals surface area contributed by atoms with Gasteiger partial charge in [0, 0.05) is 19.7 Å². The second kappa shape index (κ2) is 8.11. The van der Waals surface area contributed by atoms with Crippen molar-refractivity contribution in [1.82, 2.24) is 24.1 Å². The number of alkyl halides is 3. The lowest BCUT2D eigenvalue weighted by atomic mass is 10.1. The normalized spacial score (nSPS) is 12.3. The van der Waals surface area contributed by atoms with E-state index in [-0.39, 0.29) is 49.7 Å². The molecule has 0 fully saturated rings. The van der Waals surface area contributed by atoms with Gasteiger partial charge in [-0.1, -0.05) is 18.5 Å². The third-order valence-electron chi connectivity index (χ3n) is 5.33. The van der Waals surface area contributed by atoms with Crippen molar-refractivity contribution in [2.45, 2.75) is 18.1 Å². The van der Waals surface area contributed by atoms with Gasteiger partial charge in [0.1, 0.15) is 23.3 Å². The van der Waals surface area contributed by atoms with Gasteiger partial charge in [0.25, 0.3) is 0 Å². The summed E-state index contributed by atoms with van der Waals surface area (Å²) in [4.78, 5) is 12.2. The van der Waals surface area contributed by atoms with Crippen LogP contribution in [0.2, 0.25) is 5.02 Å². The maximum absolute atomic E-state index is 13.1. The molecule has 3 heterocycles. The molecule has 8 nitrogen and oxygen atoms in total. The van der Waals surface area contributed by atoms with E-state index in [0.29, 0.717) is 5.56 Å². The summed E-state index contributed by atoms with van der Waals surface area (Å²) in [5.41, 5.74) is -0.175. The number of aromatic nitrogens is 5. The minimum atomic E-state index is -4.66. The third kappa shape index (κ3) is 3.80. The molecular weight excluding hydrogens is 493 g/mol. The molecular formula is C21H16ClF3N6O2S. The first-order valence-corrected chi connectivity index (χ1v) is 11.8. The molecule has 0 aliphatic rings. The van der Waals surface area contributed by atoms with E-state index in [4.69, 9.17) is 16.9 Å². The van der Waals surface area contributed by atoms with Crippen LogP contribution in [0.5, 0.6) is 0 Å². The van der Waals surface area contributed by atoms with Crippen molar-refractivity contribution in [3.8, 4) is 29.0 Å². The molecule has 1 aromatic carbocycles. The molecule has 4 aromatic rings. The molecule has 34 heavy (non-hydrogen) atoms. The fourth-order valence-electron chi connectivity index (χ4n) is 3.58. The van der Waals surface area contributed by atoms with Crippen molar-refractivity contribution < 1.29 is 21.6 Å². The van der Waals surface area contributed by atoms with Gasteiger partial charge in [-0.25, -0.2) is 23.4 Å². The van der Waals surface area contributed by atoms with Crippen LogP contribution in [0.4, 0.5) is 13.2 Å². The Hall–Kier alpha value is -3.43. The Morgan fingerprint density at radius 1 is 1.12 bits per heavy atom. The van der Waals surface area contributed by atoms with Gasteiger partial charge in [0.05, 0.1) is 33.6 Å². The standard InChI is InChI=1S/C21H16ClF3N6O2S/c1-4-34(32,33)20-17(29-18(31(20)3)11-5-6-12(9-26)13(22)7-11)19-28-14-8-16(21(23,24)25)27-10-15(14)30(19)2/h5-8,10H,4H2,1-3H3. The molecule has 0 aliphatic heterocycles. The van der Waals surface area contributed by atoms with Crippen LogP contribution in [0.25, 0.3) is 33.9 Å². The number of fused-ring (bicyclic) bond motifs is 1. The van der Waals surface area contributed by atoms with Crippen LogP contribution in [-0.2, 0) is 30.1 Å². The highest BCUT2D eigenvalue weighted by molar-refractivity contribution is 7.91. The quantitative estimate of drug-likeness (QED) is 0.405. The Kier molecular flexibility index (Phi) is 5.65. The maximum Gasteiger partial charge on any atom is 0.433 e. The van der Waals surface area contributed by atoms with Gasteiger partial charge in [-0.2, -0.15) is 18.4 Å². The molecule has 0 aliphatic carbocycles. The number of sulfone groups is 1. The van der Waals surface area contributed by atoms with Crippen molar-refractivity contribution >= 4 is 32.5 Å². The largest absolute Gasteiger partial charge is 0.433 e. The molecule has 0 radical (unpaired) electrons. The van der Waals surface area contributed by atoms with E-state index in [0.717, 1.165) is 12.3 Å². The second-order valence-corrected chi connectivity index (χ2v) is 10.0. The molecule has 176 valence electrons. The number of imidazole rings is 2. The van der Waals surface area contributed by atoms with Crippen LogP contribution in [0, 0.1) is 11.3 Å². The van der Waals surface area contributed by atoms with Crippen LogP contribution in [0.1, 0.15) is 18.2 Å². The number of nitrogens with zero attached hydrogens (tertiary/aromatic N) is 6. The monoisotopic (exact) mass is 508 g/mol.